The summed E-state index contributed by atoms with van der Waals surface area (Å²) in [5, 5.41) is 10.0. The normalized spacial score (nSPS) is 10.6. The van der Waals surface area contributed by atoms with Crippen LogP contribution in [0.25, 0.3) is 0 Å². The van der Waals surface area contributed by atoms with Crippen molar-refractivity contribution < 1.29 is 4.79 Å². The second-order valence-electron chi connectivity index (χ2n) is 4.36. The molecule has 1 aromatic heterocycles. The van der Waals surface area contributed by atoms with E-state index in [1.165, 1.54) is 0 Å². The Morgan fingerprint density at radius 1 is 1.40 bits per heavy atom. The van der Waals surface area contributed by atoms with Crippen LogP contribution in [0.5, 0.6) is 0 Å². The lowest BCUT2D eigenvalue weighted by atomic mass is 10.2. The minimum atomic E-state index is -0.446. The Hall–Kier alpha value is -1.59. The van der Waals surface area contributed by atoms with E-state index in [1.807, 2.05) is 13.8 Å². The van der Waals surface area contributed by atoms with Gasteiger partial charge in [0.25, 0.3) is 5.91 Å². The molecule has 106 valence electrons. The van der Waals surface area contributed by atoms with E-state index in [-0.39, 0.29) is 5.82 Å². The van der Waals surface area contributed by atoms with Gasteiger partial charge in [0.15, 0.2) is 0 Å². The number of nitrogens with one attached hydrogen (secondary N) is 2. The van der Waals surface area contributed by atoms with Gasteiger partial charge in [-0.25, -0.2) is 4.98 Å². The summed E-state index contributed by atoms with van der Waals surface area (Å²) in [5.74, 6) is 0.305. The summed E-state index contributed by atoms with van der Waals surface area (Å²) in [7, 11) is 0. The highest BCUT2D eigenvalue weighted by Gasteiger charge is 2.16. The number of amides is 1. The van der Waals surface area contributed by atoms with E-state index in [9.17, 15) is 4.79 Å². The molecule has 7 heteroatoms. The van der Waals surface area contributed by atoms with Crippen molar-refractivity contribution in [2.45, 2.75) is 26.7 Å². The summed E-state index contributed by atoms with van der Waals surface area (Å²) in [6.07, 6.45) is 1.66. The molecule has 2 aromatic rings. The van der Waals surface area contributed by atoms with Gasteiger partial charge in [-0.15, -0.1) is 5.10 Å². The third-order valence-electron chi connectivity index (χ3n) is 2.74. The lowest BCUT2D eigenvalue weighted by molar-refractivity contribution is 0.101. The molecule has 1 heterocycles. The van der Waals surface area contributed by atoms with Gasteiger partial charge in [-0.2, -0.15) is 0 Å². The number of benzene rings is 1. The topological polar surface area (TPSA) is 70.7 Å². The highest BCUT2D eigenvalue weighted by atomic mass is 35.5. The van der Waals surface area contributed by atoms with Crippen molar-refractivity contribution in [2.24, 2.45) is 0 Å². The molecule has 0 bridgehead atoms. The number of H-pyrrole nitrogens is 1. The number of rotatable bonds is 4. The first-order valence-electron chi connectivity index (χ1n) is 6.20. The molecule has 0 fully saturated rings. The van der Waals surface area contributed by atoms with Crippen molar-refractivity contribution in [1.29, 1.82) is 0 Å². The van der Waals surface area contributed by atoms with E-state index in [2.05, 4.69) is 20.5 Å². The number of aryl methyl sites for hydroxylation is 2. The van der Waals surface area contributed by atoms with Crippen molar-refractivity contribution in [1.82, 2.24) is 15.2 Å². The van der Waals surface area contributed by atoms with Gasteiger partial charge in [-0.3, -0.25) is 9.89 Å². The van der Waals surface area contributed by atoms with E-state index in [0.29, 0.717) is 21.6 Å². The first kappa shape index (κ1) is 14.8. The standard InChI is InChI=1S/C13H14Cl2N4O/c1-3-4-9-16-12(19-18-9)13(20)17-11-8(14)6-5-7(2)10(11)15/h5-6H,3-4H2,1-2H3,(H,17,20)(H,16,18,19). The molecule has 0 saturated carbocycles. The largest absolute Gasteiger partial charge is 0.317 e. The maximum atomic E-state index is 12.1. The van der Waals surface area contributed by atoms with Crippen molar-refractivity contribution in [3.63, 3.8) is 0 Å². The Morgan fingerprint density at radius 3 is 2.85 bits per heavy atom. The Labute approximate surface area is 126 Å². The average molecular weight is 313 g/mol. The van der Waals surface area contributed by atoms with Crippen LogP contribution in [0.15, 0.2) is 12.1 Å². The van der Waals surface area contributed by atoms with Gasteiger partial charge >= 0.3 is 0 Å². The van der Waals surface area contributed by atoms with Gasteiger partial charge in [-0.1, -0.05) is 36.2 Å². The van der Waals surface area contributed by atoms with E-state index >= 15 is 0 Å². The van der Waals surface area contributed by atoms with Gasteiger partial charge in [0, 0.05) is 6.42 Å². The molecule has 0 atom stereocenters. The molecule has 1 aromatic carbocycles. The summed E-state index contributed by atoms with van der Waals surface area (Å²) < 4.78 is 0. The first-order valence-corrected chi connectivity index (χ1v) is 6.95. The first-order chi connectivity index (χ1) is 9.52. The molecular weight excluding hydrogens is 299 g/mol. The summed E-state index contributed by atoms with van der Waals surface area (Å²) in [6, 6.07) is 3.46. The lowest BCUT2D eigenvalue weighted by Gasteiger charge is -2.09. The summed E-state index contributed by atoms with van der Waals surface area (Å²) in [4.78, 5) is 16.2. The maximum Gasteiger partial charge on any atom is 0.295 e. The van der Waals surface area contributed by atoms with Crippen LogP contribution in [0.3, 0.4) is 0 Å². The van der Waals surface area contributed by atoms with Crippen LogP contribution in [0.4, 0.5) is 5.69 Å². The molecule has 1 amide bonds. The number of halogens is 2. The molecule has 20 heavy (non-hydrogen) atoms. The Bertz CT molecular complexity index is 639. The van der Waals surface area contributed by atoms with Crippen LogP contribution < -0.4 is 5.32 Å². The smallest absolute Gasteiger partial charge is 0.295 e. The maximum absolute atomic E-state index is 12.1. The van der Waals surface area contributed by atoms with Crippen LogP contribution in [0, 0.1) is 6.92 Å². The Balaban J connectivity index is 2.21. The highest BCUT2D eigenvalue weighted by Crippen LogP contribution is 2.33. The fourth-order valence-electron chi connectivity index (χ4n) is 1.69. The average Bonchev–Trinajstić information content (AvgIpc) is 2.88. The van der Waals surface area contributed by atoms with Crippen molar-refractivity contribution in [3.8, 4) is 0 Å². The van der Waals surface area contributed by atoms with E-state index in [4.69, 9.17) is 23.2 Å². The van der Waals surface area contributed by atoms with Gasteiger partial charge in [0.1, 0.15) is 5.82 Å². The Kier molecular flexibility index (Phi) is 4.62. The molecule has 2 N–H and O–H groups in total. The number of hydrogen-bond acceptors (Lipinski definition) is 3. The molecular formula is C13H14Cl2N4O. The quantitative estimate of drug-likeness (QED) is 0.905. The molecule has 0 aliphatic rings. The number of hydrogen-bond donors (Lipinski definition) is 2. The molecule has 0 radical (unpaired) electrons. The van der Waals surface area contributed by atoms with Crippen molar-refractivity contribution in [3.05, 3.63) is 39.4 Å². The fraction of sp³-hybridized carbons (Fsp3) is 0.308. The SMILES string of the molecule is CCCc1nc(C(=O)Nc2c(Cl)ccc(C)c2Cl)n[nH]1. The van der Waals surface area contributed by atoms with Gasteiger partial charge in [0.2, 0.25) is 5.82 Å². The van der Waals surface area contributed by atoms with Crippen molar-refractivity contribution >= 4 is 34.8 Å². The molecule has 2 rings (SSSR count). The van der Waals surface area contributed by atoms with Crippen LogP contribution in [-0.4, -0.2) is 21.1 Å². The van der Waals surface area contributed by atoms with Gasteiger partial charge in [0.05, 0.1) is 15.7 Å². The zero-order valence-electron chi connectivity index (χ0n) is 11.1. The monoisotopic (exact) mass is 312 g/mol. The number of aromatic nitrogens is 3. The third-order valence-corrected chi connectivity index (χ3v) is 3.55. The highest BCUT2D eigenvalue weighted by molar-refractivity contribution is 6.40. The zero-order valence-corrected chi connectivity index (χ0v) is 12.6. The number of carbonyl (C=O) groups is 1. The summed E-state index contributed by atoms with van der Waals surface area (Å²) in [6.45, 7) is 3.86. The van der Waals surface area contributed by atoms with E-state index < -0.39 is 5.91 Å². The van der Waals surface area contributed by atoms with E-state index in [0.717, 1.165) is 18.4 Å². The number of nitrogens with zero attached hydrogens (tertiary/aromatic N) is 2. The molecule has 0 saturated heterocycles. The minimum Gasteiger partial charge on any atom is -0.317 e. The van der Waals surface area contributed by atoms with Crippen LogP contribution in [-0.2, 0) is 6.42 Å². The van der Waals surface area contributed by atoms with Crippen LogP contribution in [0.2, 0.25) is 10.0 Å². The minimum absolute atomic E-state index is 0.0714. The number of anilines is 1. The number of aromatic amines is 1. The molecule has 0 aliphatic heterocycles. The predicted octanol–water partition coefficient (Wildman–Crippen LogP) is 3.62. The lowest BCUT2D eigenvalue weighted by Crippen LogP contribution is -2.14. The van der Waals surface area contributed by atoms with Crippen LogP contribution in [0.1, 0.15) is 35.4 Å². The van der Waals surface area contributed by atoms with Crippen LogP contribution >= 0.6 is 23.2 Å². The fourth-order valence-corrected chi connectivity index (χ4v) is 2.15. The van der Waals surface area contributed by atoms with Gasteiger partial charge < -0.3 is 5.32 Å². The van der Waals surface area contributed by atoms with Gasteiger partial charge in [-0.05, 0) is 25.0 Å². The van der Waals surface area contributed by atoms with Crippen molar-refractivity contribution in [2.75, 3.05) is 5.32 Å². The third kappa shape index (κ3) is 3.11. The number of carbonyl (C=O) groups excluding carboxylic acids is 1. The molecule has 0 unspecified atom stereocenters. The second-order valence-corrected chi connectivity index (χ2v) is 5.15. The molecule has 5 nitrogen and oxygen atoms in total. The molecule has 0 aliphatic carbocycles. The zero-order chi connectivity index (χ0) is 14.7. The molecule has 0 spiro atoms. The van der Waals surface area contributed by atoms with E-state index in [1.54, 1.807) is 12.1 Å². The Morgan fingerprint density at radius 2 is 2.15 bits per heavy atom. The summed E-state index contributed by atoms with van der Waals surface area (Å²) in [5.41, 5.74) is 1.20. The predicted molar refractivity (Wildman–Crippen MR) is 79.5 cm³/mol. The summed E-state index contributed by atoms with van der Waals surface area (Å²) >= 11 is 12.2. The second kappa shape index (κ2) is 6.24.